The number of hydrogen-bond donors (Lipinski definition) is 1. The van der Waals surface area contributed by atoms with Crippen LogP contribution < -0.4 is 5.32 Å². The molecule has 20 heavy (non-hydrogen) atoms. The van der Waals surface area contributed by atoms with Gasteiger partial charge < -0.3 is 9.88 Å². The monoisotopic (exact) mass is 269 g/mol. The van der Waals surface area contributed by atoms with Gasteiger partial charge in [0.1, 0.15) is 0 Å². The number of unbranched alkanes of at least 4 members (excludes halogenated alkanes) is 1. The molecular formula is C17H23N3. The van der Waals surface area contributed by atoms with Crippen LogP contribution in [0.1, 0.15) is 43.7 Å². The van der Waals surface area contributed by atoms with Gasteiger partial charge in [-0.15, -0.1) is 0 Å². The van der Waals surface area contributed by atoms with Gasteiger partial charge in [0, 0.05) is 24.6 Å². The minimum Gasteiger partial charge on any atom is -0.325 e. The first-order valence-electron chi connectivity index (χ1n) is 7.77. The van der Waals surface area contributed by atoms with E-state index in [9.17, 15) is 0 Å². The van der Waals surface area contributed by atoms with Crippen LogP contribution in [0.3, 0.4) is 0 Å². The summed E-state index contributed by atoms with van der Waals surface area (Å²) in [6.07, 6.45) is 11.4. The molecule has 3 nitrogen and oxygen atoms in total. The van der Waals surface area contributed by atoms with E-state index in [-0.39, 0.29) is 0 Å². The summed E-state index contributed by atoms with van der Waals surface area (Å²) in [5, 5.41) is 3.54. The van der Waals surface area contributed by atoms with Gasteiger partial charge in [-0.25, -0.2) is 4.98 Å². The molecule has 0 radical (unpaired) electrons. The average Bonchev–Trinajstić information content (AvgIpc) is 2.93. The summed E-state index contributed by atoms with van der Waals surface area (Å²) in [5.41, 5.74) is 4.24. The third-order valence-corrected chi connectivity index (χ3v) is 4.11. The van der Waals surface area contributed by atoms with Crippen LogP contribution in [-0.4, -0.2) is 9.55 Å². The van der Waals surface area contributed by atoms with E-state index in [2.05, 4.69) is 46.2 Å². The normalized spacial score (nSPS) is 14.1. The molecule has 1 aromatic carbocycles. The van der Waals surface area contributed by atoms with Gasteiger partial charge in [0.25, 0.3) is 0 Å². The highest BCUT2D eigenvalue weighted by molar-refractivity contribution is 5.61. The molecule has 1 N–H and O–H groups in total. The third-order valence-electron chi connectivity index (χ3n) is 4.11. The maximum absolute atomic E-state index is 4.47. The number of anilines is 2. The first-order chi connectivity index (χ1) is 9.88. The van der Waals surface area contributed by atoms with Gasteiger partial charge in [0.2, 0.25) is 5.95 Å². The maximum Gasteiger partial charge on any atom is 0.207 e. The van der Waals surface area contributed by atoms with Gasteiger partial charge in [0.15, 0.2) is 0 Å². The Morgan fingerprint density at radius 2 is 2.15 bits per heavy atom. The molecule has 0 amide bonds. The standard InChI is InChI=1S/C17H23N3/c1-2-3-12-20-13-11-18-17(20)19-16-10-6-8-14-7-4-5-9-15(14)16/h6,8,10-11,13H,2-5,7,9,12H2,1H3,(H,18,19). The van der Waals surface area contributed by atoms with E-state index in [1.54, 1.807) is 0 Å². The molecule has 3 heteroatoms. The molecule has 3 rings (SSSR count). The van der Waals surface area contributed by atoms with Crippen LogP contribution in [-0.2, 0) is 19.4 Å². The SMILES string of the molecule is CCCCn1ccnc1Nc1cccc2c1CCCC2. The Kier molecular flexibility index (Phi) is 4.05. The fourth-order valence-electron chi connectivity index (χ4n) is 2.96. The lowest BCUT2D eigenvalue weighted by Crippen LogP contribution is -2.09. The zero-order chi connectivity index (χ0) is 13.8. The number of benzene rings is 1. The molecular weight excluding hydrogens is 246 g/mol. The molecule has 1 heterocycles. The predicted molar refractivity (Wildman–Crippen MR) is 83.5 cm³/mol. The van der Waals surface area contributed by atoms with Crippen LogP contribution in [0, 0.1) is 0 Å². The number of imidazole rings is 1. The molecule has 0 unspecified atom stereocenters. The van der Waals surface area contributed by atoms with Crippen molar-refractivity contribution in [1.29, 1.82) is 0 Å². The van der Waals surface area contributed by atoms with Crippen molar-refractivity contribution in [2.75, 3.05) is 5.32 Å². The smallest absolute Gasteiger partial charge is 0.207 e. The van der Waals surface area contributed by atoms with Crippen molar-refractivity contribution in [1.82, 2.24) is 9.55 Å². The minimum atomic E-state index is 0.970. The van der Waals surface area contributed by atoms with Crippen LogP contribution in [0.15, 0.2) is 30.6 Å². The Balaban J connectivity index is 1.83. The highest BCUT2D eigenvalue weighted by Crippen LogP contribution is 2.29. The average molecular weight is 269 g/mol. The van der Waals surface area contributed by atoms with E-state index in [0.717, 1.165) is 12.5 Å². The van der Waals surface area contributed by atoms with Gasteiger partial charge in [0.05, 0.1) is 0 Å². The van der Waals surface area contributed by atoms with Crippen molar-refractivity contribution in [3.63, 3.8) is 0 Å². The summed E-state index contributed by atoms with van der Waals surface area (Å²) < 4.78 is 2.21. The largest absolute Gasteiger partial charge is 0.325 e. The number of hydrogen-bond acceptors (Lipinski definition) is 2. The fraction of sp³-hybridized carbons (Fsp3) is 0.471. The number of fused-ring (bicyclic) bond motifs is 1. The first kappa shape index (κ1) is 13.2. The Bertz CT molecular complexity index is 571. The second-order valence-corrected chi connectivity index (χ2v) is 5.57. The van der Waals surface area contributed by atoms with Crippen LogP contribution in [0.25, 0.3) is 0 Å². The molecule has 1 aliphatic carbocycles. The van der Waals surface area contributed by atoms with Gasteiger partial charge >= 0.3 is 0 Å². The molecule has 0 atom stereocenters. The minimum absolute atomic E-state index is 0.970. The number of nitrogens with zero attached hydrogens (tertiary/aromatic N) is 2. The van der Waals surface area contributed by atoms with E-state index in [4.69, 9.17) is 0 Å². The lowest BCUT2D eigenvalue weighted by molar-refractivity contribution is 0.637. The number of aryl methyl sites for hydroxylation is 2. The molecule has 0 fully saturated rings. The van der Waals surface area contributed by atoms with E-state index >= 15 is 0 Å². The van der Waals surface area contributed by atoms with Gasteiger partial charge in [-0.2, -0.15) is 0 Å². The molecule has 0 aliphatic heterocycles. The van der Waals surface area contributed by atoms with Crippen molar-refractivity contribution >= 4 is 11.6 Å². The number of rotatable bonds is 5. The summed E-state index contributed by atoms with van der Waals surface area (Å²) in [4.78, 5) is 4.47. The second-order valence-electron chi connectivity index (χ2n) is 5.57. The van der Waals surface area contributed by atoms with E-state index < -0.39 is 0 Å². The summed E-state index contributed by atoms with van der Waals surface area (Å²) in [7, 11) is 0. The Morgan fingerprint density at radius 3 is 3.05 bits per heavy atom. The Morgan fingerprint density at radius 1 is 1.25 bits per heavy atom. The van der Waals surface area contributed by atoms with Crippen LogP contribution >= 0.6 is 0 Å². The molecule has 106 valence electrons. The van der Waals surface area contributed by atoms with E-state index in [0.29, 0.717) is 0 Å². The molecule has 0 saturated heterocycles. The number of aromatic nitrogens is 2. The topological polar surface area (TPSA) is 29.9 Å². The Hall–Kier alpha value is -1.77. The number of nitrogens with one attached hydrogen (secondary N) is 1. The van der Waals surface area contributed by atoms with Crippen LogP contribution in [0.2, 0.25) is 0 Å². The summed E-state index contributed by atoms with van der Waals surface area (Å²) in [6.45, 7) is 3.26. The zero-order valence-electron chi connectivity index (χ0n) is 12.2. The van der Waals surface area contributed by atoms with Gasteiger partial charge in [-0.1, -0.05) is 25.5 Å². The molecule has 1 aliphatic rings. The third kappa shape index (κ3) is 2.72. The van der Waals surface area contributed by atoms with Crippen LogP contribution in [0.5, 0.6) is 0 Å². The molecule has 0 saturated carbocycles. The van der Waals surface area contributed by atoms with Gasteiger partial charge in [-0.3, -0.25) is 0 Å². The predicted octanol–water partition coefficient (Wildman–Crippen LogP) is 4.31. The molecule has 0 bridgehead atoms. The quantitative estimate of drug-likeness (QED) is 0.876. The maximum atomic E-state index is 4.47. The lowest BCUT2D eigenvalue weighted by Gasteiger charge is -2.20. The highest BCUT2D eigenvalue weighted by Gasteiger charge is 2.14. The summed E-state index contributed by atoms with van der Waals surface area (Å²) in [5.74, 6) is 0.970. The van der Waals surface area contributed by atoms with Crippen molar-refractivity contribution in [2.45, 2.75) is 52.0 Å². The van der Waals surface area contributed by atoms with E-state index in [1.807, 2.05) is 6.20 Å². The zero-order valence-corrected chi connectivity index (χ0v) is 12.2. The van der Waals surface area contributed by atoms with Crippen molar-refractivity contribution in [3.05, 3.63) is 41.7 Å². The molecule has 1 aromatic heterocycles. The summed E-state index contributed by atoms with van der Waals surface area (Å²) in [6, 6.07) is 6.61. The van der Waals surface area contributed by atoms with Crippen molar-refractivity contribution < 1.29 is 0 Å². The first-order valence-corrected chi connectivity index (χ1v) is 7.77. The van der Waals surface area contributed by atoms with Gasteiger partial charge in [-0.05, 0) is 49.3 Å². The lowest BCUT2D eigenvalue weighted by atomic mass is 9.90. The second kappa shape index (κ2) is 6.12. The van der Waals surface area contributed by atoms with E-state index in [1.165, 1.54) is 55.3 Å². The van der Waals surface area contributed by atoms with Crippen molar-refractivity contribution in [2.24, 2.45) is 0 Å². The summed E-state index contributed by atoms with van der Waals surface area (Å²) >= 11 is 0. The molecule has 0 spiro atoms. The highest BCUT2D eigenvalue weighted by atomic mass is 15.2. The fourth-order valence-corrected chi connectivity index (χ4v) is 2.96. The van der Waals surface area contributed by atoms with Crippen LogP contribution in [0.4, 0.5) is 11.6 Å². The Labute approximate surface area is 121 Å². The van der Waals surface area contributed by atoms with Crippen molar-refractivity contribution in [3.8, 4) is 0 Å². The molecule has 2 aromatic rings.